The van der Waals surface area contributed by atoms with Crippen molar-refractivity contribution < 1.29 is 20.0 Å². The molecule has 0 amide bonds. The van der Waals surface area contributed by atoms with Crippen LogP contribution in [0.1, 0.15) is 68.8 Å². The van der Waals surface area contributed by atoms with Crippen LogP contribution in [0.15, 0.2) is 18.2 Å². The largest absolute Gasteiger partial charge is 0.490 e. The monoisotopic (exact) mass is 346 g/mol. The van der Waals surface area contributed by atoms with Gasteiger partial charge < -0.3 is 15.2 Å². The minimum atomic E-state index is -0.518. The van der Waals surface area contributed by atoms with Gasteiger partial charge in [-0.3, -0.25) is 4.79 Å². The first-order chi connectivity index (χ1) is 11.8. The van der Waals surface area contributed by atoms with Crippen LogP contribution in [-0.4, -0.2) is 35.7 Å². The predicted molar refractivity (Wildman–Crippen MR) is 98.0 cm³/mol. The van der Waals surface area contributed by atoms with E-state index < -0.39 is 6.10 Å². The number of quaternary nitrogens is 1. The van der Waals surface area contributed by atoms with Crippen LogP contribution >= 0.6 is 0 Å². The third-order valence-electron chi connectivity index (χ3n) is 5.62. The molecular formula is C21H32NO3+. The molecule has 1 aromatic rings. The number of fused-ring (bicyclic) bond motifs is 1. The van der Waals surface area contributed by atoms with Gasteiger partial charge in [0.2, 0.25) is 0 Å². The van der Waals surface area contributed by atoms with Gasteiger partial charge in [-0.05, 0) is 46.1 Å². The van der Waals surface area contributed by atoms with Crippen LogP contribution in [0.5, 0.6) is 5.75 Å². The smallest absolute Gasteiger partial charge is 0.169 e. The molecule has 4 nitrogen and oxygen atoms in total. The maximum atomic E-state index is 13.0. The first-order valence-corrected chi connectivity index (χ1v) is 9.63. The summed E-state index contributed by atoms with van der Waals surface area (Å²) in [7, 11) is 0. The van der Waals surface area contributed by atoms with Gasteiger partial charge in [0.25, 0.3) is 0 Å². The molecular weight excluding hydrogens is 314 g/mol. The van der Waals surface area contributed by atoms with E-state index in [0.29, 0.717) is 12.3 Å². The normalized spacial score (nSPS) is 20.6. The summed E-state index contributed by atoms with van der Waals surface area (Å²) >= 11 is 0. The van der Waals surface area contributed by atoms with E-state index in [1.54, 1.807) is 0 Å². The molecule has 0 unspecified atom stereocenters. The highest BCUT2D eigenvalue weighted by atomic mass is 16.5. The molecule has 0 aliphatic heterocycles. The minimum absolute atomic E-state index is 0.0920. The van der Waals surface area contributed by atoms with Gasteiger partial charge in [-0.25, -0.2) is 0 Å². The molecule has 1 atom stereocenters. The van der Waals surface area contributed by atoms with Crippen LogP contribution in [0.25, 0.3) is 0 Å². The lowest BCUT2D eigenvalue weighted by Gasteiger charge is -2.31. The Balaban J connectivity index is 1.67. The average Bonchev–Trinajstić information content (AvgIpc) is 2.84. The van der Waals surface area contributed by atoms with Crippen LogP contribution in [-0.2, 0) is 6.42 Å². The van der Waals surface area contributed by atoms with Crippen molar-refractivity contribution in [2.75, 3.05) is 13.2 Å². The number of hydrogen-bond donors (Lipinski definition) is 2. The van der Waals surface area contributed by atoms with Crippen LogP contribution in [0, 0.1) is 5.41 Å². The van der Waals surface area contributed by atoms with Gasteiger partial charge in [0.1, 0.15) is 25.0 Å². The molecule has 2 aliphatic rings. The Hall–Kier alpha value is -1.39. The molecule has 0 bridgehead atoms. The first-order valence-electron chi connectivity index (χ1n) is 9.63. The Kier molecular flexibility index (Phi) is 5.21. The van der Waals surface area contributed by atoms with Crippen molar-refractivity contribution >= 4 is 5.78 Å². The fourth-order valence-electron chi connectivity index (χ4n) is 4.18. The number of ketones is 1. The zero-order valence-electron chi connectivity index (χ0n) is 15.8. The molecule has 1 spiro atoms. The van der Waals surface area contributed by atoms with Gasteiger partial charge >= 0.3 is 0 Å². The molecule has 1 aromatic carbocycles. The molecule has 0 aromatic heterocycles. The fourth-order valence-corrected chi connectivity index (χ4v) is 4.18. The summed E-state index contributed by atoms with van der Waals surface area (Å²) < 4.78 is 5.94. The van der Waals surface area contributed by atoms with Gasteiger partial charge in [-0.2, -0.15) is 0 Å². The zero-order valence-corrected chi connectivity index (χ0v) is 15.8. The first kappa shape index (κ1) is 18.4. The standard InChI is InChI=1S/C21H31NO3/c1-20(2,3)22-13-15(23)14-25-18-9-7-8-16-17(18)12-21(19(16)24)10-5-4-6-11-21/h7-9,15,22-23H,4-6,10-14H2,1-3H3/p+1/t15-/m0/s1. The predicted octanol–water partition coefficient (Wildman–Crippen LogP) is 2.48. The molecule has 2 aliphatic carbocycles. The number of nitrogens with two attached hydrogens (primary N) is 1. The number of benzene rings is 1. The number of aliphatic hydroxyl groups is 1. The summed E-state index contributed by atoms with van der Waals surface area (Å²) in [6.45, 7) is 7.26. The van der Waals surface area contributed by atoms with Crippen molar-refractivity contribution in [1.29, 1.82) is 0 Å². The van der Waals surface area contributed by atoms with E-state index in [2.05, 4.69) is 26.1 Å². The maximum absolute atomic E-state index is 13.0. The third kappa shape index (κ3) is 4.06. The SMILES string of the molecule is CC(C)(C)[NH2+]C[C@H](O)COc1cccc2c1CC1(CCCCC1)C2=O. The quantitative estimate of drug-likeness (QED) is 0.861. The van der Waals surface area contributed by atoms with E-state index in [1.807, 2.05) is 18.2 Å². The summed E-state index contributed by atoms with van der Waals surface area (Å²) in [5.41, 5.74) is 1.81. The highest BCUT2D eigenvalue weighted by molar-refractivity contribution is 6.05. The highest BCUT2D eigenvalue weighted by Gasteiger charge is 2.46. The van der Waals surface area contributed by atoms with Gasteiger partial charge in [-0.1, -0.05) is 31.4 Å². The Morgan fingerprint density at radius 2 is 1.96 bits per heavy atom. The van der Waals surface area contributed by atoms with Gasteiger partial charge in [0.05, 0.1) is 5.54 Å². The fraction of sp³-hybridized carbons (Fsp3) is 0.667. The van der Waals surface area contributed by atoms with Crippen molar-refractivity contribution in [3.8, 4) is 5.75 Å². The third-order valence-corrected chi connectivity index (χ3v) is 5.62. The Bertz CT molecular complexity index is 627. The second kappa shape index (κ2) is 7.08. The number of rotatable bonds is 5. The lowest BCUT2D eigenvalue weighted by molar-refractivity contribution is -0.722. The number of carbonyl (C=O) groups is 1. The van der Waals surface area contributed by atoms with Crippen LogP contribution in [0.2, 0.25) is 0 Å². The van der Waals surface area contributed by atoms with Gasteiger partial charge in [0.15, 0.2) is 5.78 Å². The Morgan fingerprint density at radius 3 is 2.64 bits per heavy atom. The molecule has 0 saturated heterocycles. The number of ether oxygens (including phenoxy) is 1. The van der Waals surface area contributed by atoms with Crippen molar-refractivity contribution in [3.63, 3.8) is 0 Å². The summed E-state index contributed by atoms with van der Waals surface area (Å²) in [4.78, 5) is 13.0. The lowest BCUT2D eigenvalue weighted by atomic mass is 9.71. The molecule has 25 heavy (non-hydrogen) atoms. The topological polar surface area (TPSA) is 63.1 Å². The summed E-state index contributed by atoms with van der Waals surface area (Å²) in [6.07, 6.45) is 5.84. The maximum Gasteiger partial charge on any atom is 0.169 e. The second-order valence-electron chi connectivity index (χ2n) is 8.90. The molecule has 3 N–H and O–H groups in total. The lowest BCUT2D eigenvalue weighted by Crippen LogP contribution is -2.96. The van der Waals surface area contributed by atoms with Crippen LogP contribution in [0.4, 0.5) is 0 Å². The van der Waals surface area contributed by atoms with Crippen LogP contribution < -0.4 is 10.1 Å². The van der Waals surface area contributed by atoms with Gasteiger partial charge in [0, 0.05) is 16.5 Å². The Morgan fingerprint density at radius 1 is 1.24 bits per heavy atom. The molecule has 1 saturated carbocycles. The molecule has 0 radical (unpaired) electrons. The van der Waals surface area contributed by atoms with E-state index in [1.165, 1.54) is 6.42 Å². The second-order valence-corrected chi connectivity index (χ2v) is 8.90. The molecule has 0 heterocycles. The zero-order chi connectivity index (χ0) is 18.1. The number of carbonyl (C=O) groups excluding carboxylic acids is 1. The Labute approximate surface area is 151 Å². The van der Waals surface area contributed by atoms with Crippen molar-refractivity contribution in [3.05, 3.63) is 29.3 Å². The van der Waals surface area contributed by atoms with Crippen molar-refractivity contribution in [2.45, 2.75) is 70.9 Å². The van der Waals surface area contributed by atoms with E-state index in [9.17, 15) is 9.90 Å². The van der Waals surface area contributed by atoms with Gasteiger partial charge in [-0.15, -0.1) is 0 Å². The van der Waals surface area contributed by atoms with Crippen molar-refractivity contribution in [1.82, 2.24) is 0 Å². The summed E-state index contributed by atoms with van der Waals surface area (Å²) in [5.74, 6) is 1.09. The highest BCUT2D eigenvalue weighted by Crippen LogP contribution is 2.49. The number of Topliss-reactive ketones (excluding diaryl/α,β-unsaturated/α-hetero) is 1. The van der Waals surface area contributed by atoms with E-state index in [0.717, 1.165) is 49.0 Å². The number of aliphatic hydroxyl groups excluding tert-OH is 1. The summed E-state index contributed by atoms with van der Waals surface area (Å²) in [6, 6.07) is 5.79. The van der Waals surface area contributed by atoms with E-state index in [4.69, 9.17) is 4.74 Å². The molecule has 138 valence electrons. The van der Waals surface area contributed by atoms with E-state index >= 15 is 0 Å². The van der Waals surface area contributed by atoms with Crippen LogP contribution in [0.3, 0.4) is 0 Å². The molecule has 3 rings (SSSR count). The average molecular weight is 346 g/mol. The van der Waals surface area contributed by atoms with E-state index in [-0.39, 0.29) is 17.6 Å². The van der Waals surface area contributed by atoms with Crippen molar-refractivity contribution in [2.24, 2.45) is 5.41 Å². The summed E-state index contributed by atoms with van der Waals surface area (Å²) in [5, 5.41) is 12.3. The molecule has 1 fully saturated rings. The number of hydrogen-bond acceptors (Lipinski definition) is 3. The molecule has 4 heteroatoms. The minimum Gasteiger partial charge on any atom is -0.490 e.